The van der Waals surface area contributed by atoms with Gasteiger partial charge < -0.3 is 0 Å². The van der Waals surface area contributed by atoms with E-state index in [4.69, 9.17) is 0 Å². The Morgan fingerprint density at radius 1 is 1.18 bits per heavy atom. The van der Waals surface area contributed by atoms with Crippen molar-refractivity contribution in [2.24, 2.45) is 4.99 Å². The highest BCUT2D eigenvalue weighted by Gasteiger charge is 2.20. The van der Waals surface area contributed by atoms with Gasteiger partial charge in [0.1, 0.15) is 0 Å². The van der Waals surface area contributed by atoms with Crippen LogP contribution in [0.5, 0.6) is 0 Å². The SMILES string of the molecule is CC1=C(C)C2=C(C)N=CC2=C1. The van der Waals surface area contributed by atoms with Gasteiger partial charge in [-0.3, -0.25) is 4.99 Å². The minimum atomic E-state index is 1.16. The van der Waals surface area contributed by atoms with Crippen LogP contribution >= 0.6 is 0 Å². The van der Waals surface area contributed by atoms with Gasteiger partial charge >= 0.3 is 0 Å². The predicted octanol–water partition coefficient (Wildman–Crippen LogP) is 2.62. The number of allylic oxidation sites excluding steroid dienone is 6. The first-order valence-corrected chi connectivity index (χ1v) is 3.85. The molecule has 56 valence electrons. The van der Waals surface area contributed by atoms with Crippen molar-refractivity contribution in [2.75, 3.05) is 0 Å². The summed E-state index contributed by atoms with van der Waals surface area (Å²) in [5.41, 5.74) is 6.56. The molecule has 1 heteroatoms. The molecule has 1 heterocycles. The monoisotopic (exact) mass is 145 g/mol. The second-order valence-electron chi connectivity index (χ2n) is 3.13. The normalized spacial score (nSPS) is 21.5. The summed E-state index contributed by atoms with van der Waals surface area (Å²) in [7, 11) is 0. The summed E-state index contributed by atoms with van der Waals surface area (Å²) < 4.78 is 0. The van der Waals surface area contributed by atoms with Crippen molar-refractivity contribution in [3.63, 3.8) is 0 Å². The number of hydrogen-bond donors (Lipinski definition) is 0. The molecular formula is C10H11N. The molecule has 0 fully saturated rings. The van der Waals surface area contributed by atoms with Crippen LogP contribution in [-0.2, 0) is 0 Å². The Bertz CT molecular complexity index is 334. The molecule has 0 aromatic carbocycles. The zero-order valence-corrected chi connectivity index (χ0v) is 7.10. The van der Waals surface area contributed by atoms with E-state index in [0.29, 0.717) is 0 Å². The summed E-state index contributed by atoms with van der Waals surface area (Å²) in [6, 6.07) is 0. The van der Waals surface area contributed by atoms with Crippen molar-refractivity contribution in [1.29, 1.82) is 0 Å². The maximum absolute atomic E-state index is 4.26. The Morgan fingerprint density at radius 2 is 1.91 bits per heavy atom. The van der Waals surface area contributed by atoms with E-state index in [0.717, 1.165) is 5.70 Å². The fraction of sp³-hybridized carbons (Fsp3) is 0.300. The van der Waals surface area contributed by atoms with Crippen molar-refractivity contribution in [1.82, 2.24) is 0 Å². The lowest BCUT2D eigenvalue weighted by atomic mass is 10.1. The van der Waals surface area contributed by atoms with E-state index in [-0.39, 0.29) is 0 Å². The molecule has 11 heavy (non-hydrogen) atoms. The lowest BCUT2D eigenvalue weighted by molar-refractivity contribution is 1.26. The summed E-state index contributed by atoms with van der Waals surface area (Å²) in [4.78, 5) is 4.26. The van der Waals surface area contributed by atoms with Crippen LogP contribution in [-0.4, -0.2) is 6.21 Å². The van der Waals surface area contributed by atoms with Crippen LogP contribution < -0.4 is 0 Å². The first-order valence-electron chi connectivity index (χ1n) is 3.85. The lowest BCUT2D eigenvalue weighted by Gasteiger charge is -1.99. The van der Waals surface area contributed by atoms with Crippen molar-refractivity contribution in [3.8, 4) is 0 Å². The minimum Gasteiger partial charge on any atom is -0.260 e. The third-order valence-electron chi connectivity index (χ3n) is 2.39. The Hall–Kier alpha value is -1.11. The molecule has 0 saturated heterocycles. The van der Waals surface area contributed by atoms with Crippen LogP contribution in [0.15, 0.2) is 39.1 Å². The maximum Gasteiger partial charge on any atom is 0.0454 e. The van der Waals surface area contributed by atoms with Gasteiger partial charge in [-0.25, -0.2) is 0 Å². The molecule has 0 atom stereocenters. The average molecular weight is 145 g/mol. The molecule has 0 N–H and O–H groups in total. The number of nitrogens with zero attached hydrogens (tertiary/aromatic N) is 1. The van der Waals surface area contributed by atoms with Crippen molar-refractivity contribution >= 4 is 6.21 Å². The Kier molecular flexibility index (Phi) is 1.16. The first-order chi connectivity index (χ1) is 5.20. The summed E-state index contributed by atoms with van der Waals surface area (Å²) in [5, 5.41) is 0. The highest BCUT2D eigenvalue weighted by molar-refractivity contribution is 5.94. The van der Waals surface area contributed by atoms with E-state index in [2.05, 4.69) is 31.8 Å². The van der Waals surface area contributed by atoms with Gasteiger partial charge in [0.05, 0.1) is 0 Å². The van der Waals surface area contributed by atoms with Gasteiger partial charge in [-0.15, -0.1) is 0 Å². The van der Waals surface area contributed by atoms with E-state index in [1.54, 1.807) is 0 Å². The molecule has 1 nitrogen and oxygen atoms in total. The van der Waals surface area contributed by atoms with E-state index < -0.39 is 0 Å². The van der Waals surface area contributed by atoms with Crippen molar-refractivity contribution in [3.05, 3.63) is 34.1 Å². The van der Waals surface area contributed by atoms with Gasteiger partial charge in [0.2, 0.25) is 0 Å². The van der Waals surface area contributed by atoms with Crippen molar-refractivity contribution < 1.29 is 0 Å². The summed E-state index contributed by atoms with van der Waals surface area (Å²) in [5.74, 6) is 0. The molecule has 0 aromatic rings. The Labute approximate surface area is 66.8 Å². The second kappa shape index (κ2) is 1.94. The Balaban J connectivity index is 2.62. The fourth-order valence-electron chi connectivity index (χ4n) is 1.64. The molecule has 1 aliphatic heterocycles. The van der Waals surface area contributed by atoms with Crippen LogP contribution in [0.2, 0.25) is 0 Å². The largest absolute Gasteiger partial charge is 0.260 e. The van der Waals surface area contributed by atoms with Gasteiger partial charge in [-0.1, -0.05) is 0 Å². The van der Waals surface area contributed by atoms with E-state index in [9.17, 15) is 0 Å². The smallest absolute Gasteiger partial charge is 0.0454 e. The molecule has 0 spiro atoms. The predicted molar refractivity (Wildman–Crippen MR) is 47.6 cm³/mol. The molecule has 0 unspecified atom stereocenters. The number of fused-ring (bicyclic) bond motifs is 1. The number of hydrogen-bond acceptors (Lipinski definition) is 1. The standard InChI is InChI=1S/C10H11N/c1-6-4-9-5-11-8(3)10(9)7(6)2/h4-5H,1-3H3. The second-order valence-corrected chi connectivity index (χ2v) is 3.13. The van der Waals surface area contributed by atoms with Crippen LogP contribution in [0.4, 0.5) is 0 Å². The van der Waals surface area contributed by atoms with Crippen LogP contribution in [0.3, 0.4) is 0 Å². The maximum atomic E-state index is 4.26. The van der Waals surface area contributed by atoms with Gasteiger partial charge in [-0.05, 0) is 38.0 Å². The molecule has 1 aliphatic carbocycles. The molecule has 0 saturated carbocycles. The van der Waals surface area contributed by atoms with E-state index in [1.807, 2.05) is 6.21 Å². The van der Waals surface area contributed by atoms with Crippen LogP contribution in [0, 0.1) is 0 Å². The lowest BCUT2D eigenvalue weighted by Crippen LogP contribution is -1.83. The van der Waals surface area contributed by atoms with Crippen LogP contribution in [0.25, 0.3) is 0 Å². The average Bonchev–Trinajstić information content (AvgIpc) is 2.41. The zero-order valence-electron chi connectivity index (χ0n) is 7.10. The molecule has 0 bridgehead atoms. The van der Waals surface area contributed by atoms with Gasteiger partial charge in [0, 0.05) is 23.1 Å². The third kappa shape index (κ3) is 0.739. The molecule has 0 radical (unpaired) electrons. The number of aliphatic imine (C=N–C) groups is 1. The van der Waals surface area contributed by atoms with Crippen molar-refractivity contribution in [2.45, 2.75) is 20.8 Å². The molecule has 2 aliphatic rings. The zero-order chi connectivity index (χ0) is 8.01. The van der Waals surface area contributed by atoms with Gasteiger partial charge in [0.15, 0.2) is 0 Å². The Morgan fingerprint density at radius 3 is 2.55 bits per heavy atom. The third-order valence-corrected chi connectivity index (χ3v) is 2.39. The number of rotatable bonds is 0. The van der Waals surface area contributed by atoms with Gasteiger partial charge in [-0.2, -0.15) is 0 Å². The molecular weight excluding hydrogens is 134 g/mol. The summed E-state index contributed by atoms with van der Waals surface area (Å²) >= 11 is 0. The minimum absolute atomic E-state index is 1.16. The highest BCUT2D eigenvalue weighted by atomic mass is 14.8. The highest BCUT2D eigenvalue weighted by Crippen LogP contribution is 2.35. The summed E-state index contributed by atoms with van der Waals surface area (Å²) in [6.07, 6.45) is 4.15. The summed E-state index contributed by atoms with van der Waals surface area (Å²) in [6.45, 7) is 6.37. The van der Waals surface area contributed by atoms with Gasteiger partial charge in [0.25, 0.3) is 0 Å². The van der Waals surface area contributed by atoms with E-state index >= 15 is 0 Å². The fourth-order valence-corrected chi connectivity index (χ4v) is 1.64. The van der Waals surface area contributed by atoms with E-state index in [1.165, 1.54) is 22.3 Å². The molecule has 2 rings (SSSR count). The molecule has 0 aromatic heterocycles. The first kappa shape index (κ1) is 6.59. The quantitative estimate of drug-likeness (QED) is 0.497. The van der Waals surface area contributed by atoms with Crippen LogP contribution in [0.1, 0.15) is 20.8 Å². The molecule has 0 amide bonds. The topological polar surface area (TPSA) is 12.4 Å².